The van der Waals surface area contributed by atoms with Gasteiger partial charge in [0.1, 0.15) is 0 Å². The third-order valence-electron chi connectivity index (χ3n) is 4.30. The van der Waals surface area contributed by atoms with Crippen molar-refractivity contribution in [1.82, 2.24) is 0 Å². The molecule has 3 rings (SSSR count). The second-order valence-electron chi connectivity index (χ2n) is 5.54. The van der Waals surface area contributed by atoms with Gasteiger partial charge >= 0.3 is 0 Å². The van der Waals surface area contributed by atoms with Gasteiger partial charge in [0.2, 0.25) is 0 Å². The van der Waals surface area contributed by atoms with Crippen molar-refractivity contribution in [2.75, 3.05) is 18.0 Å². The van der Waals surface area contributed by atoms with Crippen LogP contribution >= 0.6 is 0 Å². The van der Waals surface area contributed by atoms with E-state index >= 15 is 0 Å². The lowest BCUT2D eigenvalue weighted by Gasteiger charge is -2.34. The summed E-state index contributed by atoms with van der Waals surface area (Å²) >= 11 is 0. The highest BCUT2D eigenvalue weighted by Gasteiger charge is 2.20. The van der Waals surface area contributed by atoms with E-state index < -0.39 is 0 Å². The molecule has 0 amide bonds. The molecule has 2 heteroatoms. The number of anilines is 1. The molecule has 0 radical (unpaired) electrons. The van der Waals surface area contributed by atoms with Crippen LogP contribution in [-0.4, -0.2) is 13.1 Å². The van der Waals surface area contributed by atoms with Crippen LogP contribution in [0.5, 0.6) is 0 Å². The van der Waals surface area contributed by atoms with E-state index in [0.29, 0.717) is 12.5 Å². The third kappa shape index (κ3) is 2.86. The molecule has 1 saturated heterocycles. The highest BCUT2D eigenvalue weighted by molar-refractivity contribution is 5.46. The van der Waals surface area contributed by atoms with Gasteiger partial charge in [0.15, 0.2) is 0 Å². The van der Waals surface area contributed by atoms with Crippen LogP contribution in [-0.2, 0) is 6.54 Å². The molecule has 1 heterocycles. The number of nitrogens with zero attached hydrogens (tertiary/aromatic N) is 1. The number of hydrogen-bond acceptors (Lipinski definition) is 2. The molecule has 1 fully saturated rings. The van der Waals surface area contributed by atoms with Crippen LogP contribution in [0.15, 0.2) is 54.6 Å². The van der Waals surface area contributed by atoms with E-state index in [4.69, 9.17) is 5.73 Å². The fourth-order valence-corrected chi connectivity index (χ4v) is 3.04. The first-order valence-electron chi connectivity index (χ1n) is 7.46. The molecule has 0 bridgehead atoms. The van der Waals surface area contributed by atoms with Gasteiger partial charge in [-0.15, -0.1) is 0 Å². The lowest BCUT2D eigenvalue weighted by atomic mass is 9.89. The monoisotopic (exact) mass is 266 g/mol. The average molecular weight is 266 g/mol. The quantitative estimate of drug-likeness (QED) is 0.921. The Balaban J connectivity index is 1.63. The number of rotatable bonds is 3. The van der Waals surface area contributed by atoms with Crippen molar-refractivity contribution in [2.24, 2.45) is 5.73 Å². The molecular formula is C18H22N2. The van der Waals surface area contributed by atoms with E-state index in [1.165, 1.54) is 29.7 Å². The van der Waals surface area contributed by atoms with E-state index in [0.717, 1.165) is 13.1 Å². The van der Waals surface area contributed by atoms with Crippen molar-refractivity contribution in [2.45, 2.75) is 25.3 Å². The van der Waals surface area contributed by atoms with E-state index in [9.17, 15) is 0 Å². The highest BCUT2D eigenvalue weighted by atomic mass is 15.1. The standard InChI is InChI=1S/C18H22N2/c19-14-15-6-8-16(9-7-15)17-10-12-20(13-11-17)18-4-2-1-3-5-18/h1-9,17H,10-14,19H2. The zero-order valence-corrected chi connectivity index (χ0v) is 11.8. The number of piperidine rings is 1. The first-order chi connectivity index (χ1) is 9.86. The minimum atomic E-state index is 0.632. The molecule has 0 saturated carbocycles. The summed E-state index contributed by atoms with van der Waals surface area (Å²) in [5.74, 6) is 0.696. The molecule has 2 N–H and O–H groups in total. The molecule has 0 aliphatic carbocycles. The van der Waals surface area contributed by atoms with Crippen molar-refractivity contribution in [3.63, 3.8) is 0 Å². The van der Waals surface area contributed by atoms with Crippen LogP contribution in [0.3, 0.4) is 0 Å². The van der Waals surface area contributed by atoms with Crippen molar-refractivity contribution in [3.05, 3.63) is 65.7 Å². The molecule has 20 heavy (non-hydrogen) atoms. The second kappa shape index (κ2) is 6.10. The number of hydrogen-bond donors (Lipinski definition) is 1. The van der Waals surface area contributed by atoms with Gasteiger partial charge in [-0.25, -0.2) is 0 Å². The Morgan fingerprint density at radius 3 is 2.15 bits per heavy atom. The summed E-state index contributed by atoms with van der Waals surface area (Å²) < 4.78 is 0. The predicted molar refractivity (Wildman–Crippen MR) is 85.0 cm³/mol. The van der Waals surface area contributed by atoms with Gasteiger partial charge in [-0.05, 0) is 42.0 Å². The Kier molecular flexibility index (Phi) is 4.03. The fourth-order valence-electron chi connectivity index (χ4n) is 3.04. The number of nitrogens with two attached hydrogens (primary N) is 1. The van der Waals surface area contributed by atoms with Crippen LogP contribution in [0, 0.1) is 0 Å². The first kappa shape index (κ1) is 13.2. The van der Waals surface area contributed by atoms with Crippen LogP contribution < -0.4 is 10.6 Å². The molecule has 2 nitrogen and oxygen atoms in total. The van der Waals surface area contributed by atoms with E-state index in [-0.39, 0.29) is 0 Å². The van der Waals surface area contributed by atoms with Gasteiger partial charge in [0.25, 0.3) is 0 Å². The lowest BCUT2D eigenvalue weighted by molar-refractivity contribution is 0.505. The molecular weight excluding hydrogens is 244 g/mol. The summed E-state index contributed by atoms with van der Waals surface area (Å²) in [6.07, 6.45) is 2.47. The smallest absolute Gasteiger partial charge is 0.0366 e. The Bertz CT molecular complexity index is 525. The summed E-state index contributed by atoms with van der Waals surface area (Å²) in [5, 5.41) is 0. The van der Waals surface area contributed by atoms with Crippen LogP contribution in [0.1, 0.15) is 29.9 Å². The summed E-state index contributed by atoms with van der Waals surface area (Å²) in [6, 6.07) is 19.6. The first-order valence-corrected chi connectivity index (χ1v) is 7.46. The maximum Gasteiger partial charge on any atom is 0.0366 e. The Morgan fingerprint density at radius 1 is 0.900 bits per heavy atom. The van der Waals surface area contributed by atoms with Crippen molar-refractivity contribution < 1.29 is 0 Å². The van der Waals surface area contributed by atoms with Crippen molar-refractivity contribution in [3.8, 4) is 0 Å². The molecule has 0 atom stereocenters. The van der Waals surface area contributed by atoms with Gasteiger partial charge in [0.05, 0.1) is 0 Å². The maximum absolute atomic E-state index is 5.65. The third-order valence-corrected chi connectivity index (χ3v) is 4.30. The molecule has 0 spiro atoms. The maximum atomic E-state index is 5.65. The molecule has 0 aromatic heterocycles. The zero-order chi connectivity index (χ0) is 13.8. The molecule has 0 unspecified atom stereocenters. The van der Waals surface area contributed by atoms with Gasteiger partial charge in [-0.2, -0.15) is 0 Å². The highest BCUT2D eigenvalue weighted by Crippen LogP contribution is 2.30. The molecule has 104 valence electrons. The van der Waals surface area contributed by atoms with E-state index in [1.807, 2.05) is 0 Å². The Hall–Kier alpha value is -1.80. The minimum Gasteiger partial charge on any atom is -0.371 e. The van der Waals surface area contributed by atoms with Crippen LogP contribution in [0.25, 0.3) is 0 Å². The largest absolute Gasteiger partial charge is 0.371 e. The van der Waals surface area contributed by atoms with Crippen LogP contribution in [0.2, 0.25) is 0 Å². The molecule has 1 aliphatic rings. The van der Waals surface area contributed by atoms with E-state index in [2.05, 4.69) is 59.5 Å². The molecule has 2 aromatic rings. The number of para-hydroxylation sites is 1. The predicted octanol–water partition coefficient (Wildman–Crippen LogP) is 3.53. The zero-order valence-electron chi connectivity index (χ0n) is 11.8. The van der Waals surface area contributed by atoms with E-state index in [1.54, 1.807) is 0 Å². The summed E-state index contributed by atoms with van der Waals surface area (Å²) in [4.78, 5) is 2.49. The van der Waals surface area contributed by atoms with Gasteiger partial charge in [-0.1, -0.05) is 42.5 Å². The fraction of sp³-hybridized carbons (Fsp3) is 0.333. The van der Waals surface area contributed by atoms with Crippen molar-refractivity contribution >= 4 is 5.69 Å². The second-order valence-corrected chi connectivity index (χ2v) is 5.54. The van der Waals surface area contributed by atoms with Gasteiger partial charge in [-0.3, -0.25) is 0 Å². The topological polar surface area (TPSA) is 29.3 Å². The summed E-state index contributed by atoms with van der Waals surface area (Å²) in [5.41, 5.74) is 9.69. The van der Waals surface area contributed by atoms with Gasteiger partial charge < -0.3 is 10.6 Å². The average Bonchev–Trinajstić information content (AvgIpc) is 2.56. The Morgan fingerprint density at radius 2 is 1.55 bits per heavy atom. The van der Waals surface area contributed by atoms with Crippen LogP contribution in [0.4, 0.5) is 5.69 Å². The normalized spacial score (nSPS) is 16.4. The molecule has 1 aliphatic heterocycles. The lowest BCUT2D eigenvalue weighted by Crippen LogP contribution is -2.32. The Labute approximate surface area is 121 Å². The molecule has 2 aromatic carbocycles. The number of benzene rings is 2. The SMILES string of the molecule is NCc1ccc(C2CCN(c3ccccc3)CC2)cc1. The summed E-state index contributed by atoms with van der Waals surface area (Å²) in [7, 11) is 0. The minimum absolute atomic E-state index is 0.632. The van der Waals surface area contributed by atoms with Gasteiger partial charge in [0, 0.05) is 25.3 Å². The van der Waals surface area contributed by atoms with Crippen molar-refractivity contribution in [1.29, 1.82) is 0 Å². The summed E-state index contributed by atoms with van der Waals surface area (Å²) in [6.45, 7) is 2.92.